The summed E-state index contributed by atoms with van der Waals surface area (Å²) in [6.07, 6.45) is 0. The fourth-order valence-corrected chi connectivity index (χ4v) is 1.90. The first-order chi connectivity index (χ1) is 10.0. The molecule has 106 valence electrons. The molecule has 0 bridgehead atoms. The van der Waals surface area contributed by atoms with Gasteiger partial charge in [0.25, 0.3) is 5.89 Å². The Bertz CT molecular complexity index is 754. The van der Waals surface area contributed by atoms with Crippen LogP contribution in [0.2, 0.25) is 5.02 Å². The first-order valence-corrected chi connectivity index (χ1v) is 6.30. The van der Waals surface area contributed by atoms with Crippen LogP contribution in [0.15, 0.2) is 40.9 Å². The van der Waals surface area contributed by atoms with Crippen LogP contribution in [0.1, 0.15) is 0 Å². The Kier molecular flexibility index (Phi) is 3.23. The Labute approximate surface area is 123 Å². The lowest BCUT2D eigenvalue weighted by Gasteiger charge is -1.99. The van der Waals surface area contributed by atoms with E-state index in [2.05, 4.69) is 10.1 Å². The predicted molar refractivity (Wildman–Crippen MR) is 76.2 cm³/mol. The quantitative estimate of drug-likeness (QED) is 0.708. The van der Waals surface area contributed by atoms with E-state index in [0.717, 1.165) is 6.07 Å². The maximum absolute atomic E-state index is 13.3. The van der Waals surface area contributed by atoms with Crippen molar-refractivity contribution in [1.82, 2.24) is 10.1 Å². The number of halogens is 2. The predicted octanol–water partition coefficient (Wildman–Crippen LogP) is 3.48. The number of nitrogens with two attached hydrogens (primary N) is 1. The Balaban J connectivity index is 1.99. The van der Waals surface area contributed by atoms with Gasteiger partial charge in [0.15, 0.2) is 11.6 Å². The molecule has 1 heterocycles. The average Bonchev–Trinajstić information content (AvgIpc) is 2.94. The number of benzene rings is 2. The van der Waals surface area contributed by atoms with Gasteiger partial charge in [0, 0.05) is 11.1 Å². The van der Waals surface area contributed by atoms with E-state index in [1.165, 1.54) is 12.1 Å². The molecule has 0 spiro atoms. The van der Waals surface area contributed by atoms with Crippen LogP contribution in [-0.4, -0.2) is 15.2 Å². The van der Waals surface area contributed by atoms with Crippen LogP contribution in [0.5, 0.6) is 5.75 Å². The fourth-order valence-electron chi connectivity index (χ4n) is 1.78. The van der Waals surface area contributed by atoms with Crippen LogP contribution in [-0.2, 0) is 0 Å². The van der Waals surface area contributed by atoms with Crippen molar-refractivity contribution in [2.45, 2.75) is 0 Å². The van der Waals surface area contributed by atoms with E-state index in [1.54, 1.807) is 18.2 Å². The minimum absolute atomic E-state index is 0.206. The van der Waals surface area contributed by atoms with Crippen LogP contribution >= 0.6 is 11.6 Å². The van der Waals surface area contributed by atoms with Gasteiger partial charge in [0.1, 0.15) is 0 Å². The van der Waals surface area contributed by atoms with Gasteiger partial charge in [0.05, 0.1) is 10.7 Å². The molecule has 0 unspecified atom stereocenters. The molecule has 21 heavy (non-hydrogen) atoms. The lowest BCUT2D eigenvalue weighted by Crippen LogP contribution is -1.87. The number of phenolic OH excluding ortho intramolecular Hbond substituents is 1. The van der Waals surface area contributed by atoms with Crippen molar-refractivity contribution in [3.8, 4) is 28.6 Å². The van der Waals surface area contributed by atoms with Gasteiger partial charge in [-0.15, -0.1) is 0 Å². The number of anilines is 1. The molecule has 0 saturated carbocycles. The Morgan fingerprint density at radius 3 is 2.62 bits per heavy atom. The molecule has 5 nitrogen and oxygen atoms in total. The SMILES string of the molecule is Nc1cc(-c2nc(-c3ccc(O)c(F)c3)no2)ccc1Cl. The third-order valence-electron chi connectivity index (χ3n) is 2.87. The number of hydrogen-bond donors (Lipinski definition) is 2. The third kappa shape index (κ3) is 2.53. The molecule has 1 aromatic heterocycles. The first-order valence-electron chi connectivity index (χ1n) is 5.92. The van der Waals surface area contributed by atoms with Crippen molar-refractivity contribution < 1.29 is 14.0 Å². The molecule has 0 fully saturated rings. The van der Waals surface area contributed by atoms with Crippen molar-refractivity contribution in [2.75, 3.05) is 5.73 Å². The van der Waals surface area contributed by atoms with E-state index < -0.39 is 11.6 Å². The summed E-state index contributed by atoms with van der Waals surface area (Å²) < 4.78 is 18.4. The smallest absolute Gasteiger partial charge is 0.258 e. The van der Waals surface area contributed by atoms with Gasteiger partial charge in [-0.3, -0.25) is 0 Å². The molecule has 0 aliphatic heterocycles. The summed E-state index contributed by atoms with van der Waals surface area (Å²) in [5.41, 5.74) is 7.10. The monoisotopic (exact) mass is 305 g/mol. The van der Waals surface area contributed by atoms with Crippen molar-refractivity contribution in [2.24, 2.45) is 0 Å². The van der Waals surface area contributed by atoms with E-state index >= 15 is 0 Å². The summed E-state index contributed by atoms with van der Waals surface area (Å²) in [4.78, 5) is 4.17. The number of phenols is 1. The summed E-state index contributed by atoms with van der Waals surface area (Å²) in [5.74, 6) is -0.748. The summed E-state index contributed by atoms with van der Waals surface area (Å²) in [5, 5.41) is 13.4. The molecule has 0 aliphatic rings. The van der Waals surface area contributed by atoms with Crippen LogP contribution < -0.4 is 5.73 Å². The van der Waals surface area contributed by atoms with Crippen molar-refractivity contribution in [3.05, 3.63) is 47.2 Å². The van der Waals surface area contributed by atoms with Crippen molar-refractivity contribution >= 4 is 17.3 Å². The van der Waals surface area contributed by atoms with Crippen molar-refractivity contribution in [3.63, 3.8) is 0 Å². The van der Waals surface area contributed by atoms with Crippen molar-refractivity contribution in [1.29, 1.82) is 0 Å². The van der Waals surface area contributed by atoms with E-state index in [4.69, 9.17) is 27.0 Å². The molecule has 0 radical (unpaired) electrons. The van der Waals surface area contributed by atoms with E-state index in [0.29, 0.717) is 21.8 Å². The van der Waals surface area contributed by atoms with Gasteiger partial charge in [-0.05, 0) is 36.4 Å². The van der Waals surface area contributed by atoms with Crippen LogP contribution in [0.3, 0.4) is 0 Å². The Hall–Kier alpha value is -2.60. The second-order valence-corrected chi connectivity index (χ2v) is 4.73. The maximum Gasteiger partial charge on any atom is 0.258 e. The minimum atomic E-state index is -0.755. The number of nitrogens with zero attached hydrogens (tertiary/aromatic N) is 2. The van der Waals surface area contributed by atoms with Gasteiger partial charge in [0.2, 0.25) is 5.82 Å². The second-order valence-electron chi connectivity index (χ2n) is 4.33. The molecule has 7 heteroatoms. The highest BCUT2D eigenvalue weighted by Crippen LogP contribution is 2.28. The molecule has 2 aromatic carbocycles. The first kappa shape index (κ1) is 13.4. The molecular formula is C14H9ClFN3O2. The highest BCUT2D eigenvalue weighted by atomic mass is 35.5. The number of hydrogen-bond acceptors (Lipinski definition) is 5. The van der Waals surface area contributed by atoms with E-state index in [-0.39, 0.29) is 11.7 Å². The van der Waals surface area contributed by atoms with Crippen LogP contribution in [0, 0.1) is 5.82 Å². The lowest BCUT2D eigenvalue weighted by molar-refractivity contribution is 0.430. The zero-order chi connectivity index (χ0) is 15.0. The summed E-state index contributed by atoms with van der Waals surface area (Å²) in [6, 6.07) is 8.76. The Morgan fingerprint density at radius 1 is 1.14 bits per heavy atom. The standard InChI is InChI=1S/C14H9ClFN3O2/c15-9-3-1-8(6-11(9)17)14-18-13(19-21-14)7-2-4-12(20)10(16)5-7/h1-6,20H,17H2. The van der Waals surface area contributed by atoms with Gasteiger partial charge < -0.3 is 15.4 Å². The van der Waals surface area contributed by atoms with Crippen LogP contribution in [0.4, 0.5) is 10.1 Å². The molecule has 3 rings (SSSR count). The zero-order valence-electron chi connectivity index (χ0n) is 10.5. The van der Waals surface area contributed by atoms with Gasteiger partial charge >= 0.3 is 0 Å². The summed E-state index contributed by atoms with van der Waals surface area (Å²) in [7, 11) is 0. The largest absolute Gasteiger partial charge is 0.505 e. The summed E-state index contributed by atoms with van der Waals surface area (Å²) >= 11 is 5.84. The Morgan fingerprint density at radius 2 is 1.90 bits per heavy atom. The highest BCUT2D eigenvalue weighted by molar-refractivity contribution is 6.33. The molecule has 3 aromatic rings. The van der Waals surface area contributed by atoms with E-state index in [9.17, 15) is 4.39 Å². The minimum Gasteiger partial charge on any atom is -0.505 e. The molecule has 0 amide bonds. The van der Waals surface area contributed by atoms with Gasteiger partial charge in [-0.25, -0.2) is 4.39 Å². The summed E-state index contributed by atoms with van der Waals surface area (Å²) in [6.45, 7) is 0. The molecule has 0 atom stereocenters. The number of rotatable bonds is 2. The molecule has 3 N–H and O–H groups in total. The number of aromatic nitrogens is 2. The molecule has 0 aliphatic carbocycles. The maximum atomic E-state index is 13.3. The average molecular weight is 306 g/mol. The normalized spacial score (nSPS) is 10.8. The van der Waals surface area contributed by atoms with Crippen LogP contribution in [0.25, 0.3) is 22.8 Å². The lowest BCUT2D eigenvalue weighted by atomic mass is 10.2. The highest BCUT2D eigenvalue weighted by Gasteiger charge is 2.13. The van der Waals surface area contributed by atoms with E-state index in [1.807, 2.05) is 0 Å². The van der Waals surface area contributed by atoms with Gasteiger partial charge in [-0.1, -0.05) is 16.8 Å². The van der Waals surface area contributed by atoms with Gasteiger partial charge in [-0.2, -0.15) is 4.98 Å². The molecular weight excluding hydrogens is 297 g/mol. The number of aromatic hydroxyl groups is 1. The fraction of sp³-hybridized carbons (Fsp3) is 0. The zero-order valence-corrected chi connectivity index (χ0v) is 11.3. The number of nitrogen functional groups attached to an aromatic ring is 1. The second kappa shape index (κ2) is 5.06. The topological polar surface area (TPSA) is 85.2 Å². The third-order valence-corrected chi connectivity index (χ3v) is 3.22. The molecule has 0 saturated heterocycles.